The summed E-state index contributed by atoms with van der Waals surface area (Å²) in [5.41, 5.74) is 20.7. The molecule has 3 nitrogen and oxygen atoms in total. The van der Waals surface area contributed by atoms with E-state index in [-0.39, 0.29) is 0 Å². The summed E-state index contributed by atoms with van der Waals surface area (Å²) in [6.45, 7) is 4.36. The minimum absolute atomic E-state index is 0.703. The van der Waals surface area contributed by atoms with Gasteiger partial charge in [-0.05, 0) is 94.8 Å². The molecule has 0 spiro atoms. The number of aryl methyl sites for hydroxylation is 2. The second kappa shape index (κ2) is 14.8. The maximum Gasteiger partial charge on any atom is 0.160 e. The van der Waals surface area contributed by atoms with Crippen LogP contribution in [0.4, 0.5) is 0 Å². The third-order valence-corrected chi connectivity index (χ3v) is 12.6. The average Bonchev–Trinajstić information content (AvgIpc) is 3.86. The van der Waals surface area contributed by atoms with Crippen LogP contribution in [0.25, 0.3) is 117 Å². The van der Waals surface area contributed by atoms with E-state index in [2.05, 4.69) is 218 Å². The van der Waals surface area contributed by atoms with Gasteiger partial charge in [0.2, 0.25) is 0 Å². The zero-order valence-corrected chi connectivity index (χ0v) is 35.0. The predicted octanol–water partition coefficient (Wildman–Crippen LogP) is 15.9. The van der Waals surface area contributed by atoms with Gasteiger partial charge in [-0.25, -0.2) is 9.97 Å². The summed E-state index contributed by atoms with van der Waals surface area (Å²) < 4.78 is 2.50. The fraction of sp³-hybridized carbons (Fsp3) is 0.0333. The molecule has 0 fully saturated rings. The third kappa shape index (κ3) is 6.45. The van der Waals surface area contributed by atoms with Crippen molar-refractivity contribution in [3.8, 4) is 78.4 Å². The van der Waals surface area contributed by atoms with Crippen LogP contribution in [-0.4, -0.2) is 14.4 Å². The third-order valence-electron chi connectivity index (χ3n) is 12.6. The smallest absolute Gasteiger partial charge is 0.160 e. The molecule has 0 bridgehead atoms. The van der Waals surface area contributed by atoms with Gasteiger partial charge in [-0.1, -0.05) is 187 Å². The molecule has 63 heavy (non-hydrogen) atoms. The van der Waals surface area contributed by atoms with E-state index in [0.717, 1.165) is 39.2 Å². The molecule has 3 aromatic heterocycles. The summed E-state index contributed by atoms with van der Waals surface area (Å²) in [4.78, 5) is 10.2. The molecule has 0 aliphatic heterocycles. The lowest BCUT2D eigenvalue weighted by Gasteiger charge is -2.11. The minimum Gasteiger partial charge on any atom is -0.308 e. The molecule has 12 aromatic rings. The van der Waals surface area contributed by atoms with E-state index in [1.165, 1.54) is 82.6 Å². The molecule has 0 atom stereocenters. The molecule has 3 heteroatoms. The second-order valence-corrected chi connectivity index (χ2v) is 16.8. The van der Waals surface area contributed by atoms with Crippen molar-refractivity contribution in [1.82, 2.24) is 14.4 Å². The Morgan fingerprint density at radius 2 is 0.683 bits per heavy atom. The fourth-order valence-electron chi connectivity index (χ4n) is 9.66. The Bertz CT molecular complexity index is 3620. The Morgan fingerprint density at radius 3 is 1.17 bits per heavy atom. The molecule has 0 amide bonds. The number of nitrogens with zero attached hydrogens (tertiary/aromatic N) is 3. The number of aromatic nitrogens is 3. The summed E-state index contributed by atoms with van der Waals surface area (Å²) in [5.74, 6) is 0.703. The number of para-hydroxylation sites is 1. The maximum absolute atomic E-state index is 5.10. The largest absolute Gasteiger partial charge is 0.308 e. The highest BCUT2D eigenvalue weighted by Gasteiger charge is 2.19. The molecular formula is C60H41N3. The van der Waals surface area contributed by atoms with Gasteiger partial charge in [-0.3, -0.25) is 0 Å². The highest BCUT2D eigenvalue weighted by Crippen LogP contribution is 2.42. The molecule has 0 unspecified atom stereocenters. The molecule has 3 heterocycles. The van der Waals surface area contributed by atoms with Crippen molar-refractivity contribution >= 4 is 38.1 Å². The lowest BCUT2D eigenvalue weighted by Crippen LogP contribution is -1.96. The summed E-state index contributed by atoms with van der Waals surface area (Å²) in [7, 11) is 0. The van der Waals surface area contributed by atoms with E-state index in [9.17, 15) is 0 Å². The van der Waals surface area contributed by atoms with Crippen LogP contribution in [-0.2, 0) is 0 Å². The summed E-state index contributed by atoms with van der Waals surface area (Å²) in [5, 5.41) is 5.15. The molecule has 9 aromatic carbocycles. The van der Waals surface area contributed by atoms with Crippen molar-refractivity contribution in [3.63, 3.8) is 0 Å². The standard InChI is InChI=1S/C60H41N3/c1-38-29-39(2)31-50(30-38)48-26-28-52-54-24-12-23-53-51-27-25-47(35-57(51)63(59(53)54)58(52)36-48)45-20-10-18-43(33-45)42-17-9-19-44(32-42)46-21-11-22-49(34-46)60-61-55(40-13-5-3-6-14-40)37-56(62-60)41-15-7-4-8-16-41/h3-37H,1-2H3. The van der Waals surface area contributed by atoms with Gasteiger partial charge in [0, 0.05) is 38.2 Å². The molecule has 0 aliphatic rings. The number of hydrogen-bond donors (Lipinski definition) is 0. The quantitative estimate of drug-likeness (QED) is 0.161. The SMILES string of the molecule is Cc1cc(C)cc(-c2ccc3c4cccc5c6ccc(-c7cccc(-c8cccc(-c9cccc(-c%10nc(-c%11ccccc%11)cc(-c%11ccccc%11)n%10)c9)c8)c7)cc6n(c3c2)c45)c1. The Balaban J connectivity index is 0.917. The van der Waals surface area contributed by atoms with Gasteiger partial charge < -0.3 is 4.40 Å². The monoisotopic (exact) mass is 803 g/mol. The highest BCUT2D eigenvalue weighted by molar-refractivity contribution is 6.23. The highest BCUT2D eigenvalue weighted by atomic mass is 14.9. The van der Waals surface area contributed by atoms with E-state index in [4.69, 9.17) is 9.97 Å². The molecule has 0 aliphatic carbocycles. The topological polar surface area (TPSA) is 30.2 Å². The van der Waals surface area contributed by atoms with Gasteiger partial charge in [-0.2, -0.15) is 0 Å². The van der Waals surface area contributed by atoms with E-state index in [1.54, 1.807) is 0 Å². The molecule has 0 N–H and O–H groups in total. The Hall–Kier alpha value is -8.14. The van der Waals surface area contributed by atoms with Crippen LogP contribution in [0.5, 0.6) is 0 Å². The molecular weight excluding hydrogens is 763 g/mol. The molecule has 12 rings (SSSR count). The van der Waals surface area contributed by atoms with Crippen LogP contribution in [0.1, 0.15) is 11.1 Å². The zero-order chi connectivity index (χ0) is 42.0. The molecule has 0 saturated carbocycles. The number of rotatable bonds is 7. The first-order valence-electron chi connectivity index (χ1n) is 21.6. The van der Waals surface area contributed by atoms with E-state index in [1.807, 2.05) is 12.1 Å². The van der Waals surface area contributed by atoms with Crippen molar-refractivity contribution in [2.45, 2.75) is 13.8 Å². The lowest BCUT2D eigenvalue weighted by atomic mass is 9.95. The Morgan fingerprint density at radius 1 is 0.286 bits per heavy atom. The average molecular weight is 804 g/mol. The number of fused-ring (bicyclic) bond motifs is 6. The fourth-order valence-corrected chi connectivity index (χ4v) is 9.66. The van der Waals surface area contributed by atoms with Crippen molar-refractivity contribution in [2.75, 3.05) is 0 Å². The molecule has 0 saturated heterocycles. The first-order valence-corrected chi connectivity index (χ1v) is 21.6. The van der Waals surface area contributed by atoms with Gasteiger partial charge in [0.15, 0.2) is 5.82 Å². The van der Waals surface area contributed by atoms with Gasteiger partial charge in [0.1, 0.15) is 0 Å². The first-order chi connectivity index (χ1) is 31.0. The lowest BCUT2D eigenvalue weighted by molar-refractivity contribution is 1.18. The summed E-state index contributed by atoms with van der Waals surface area (Å²) >= 11 is 0. The summed E-state index contributed by atoms with van der Waals surface area (Å²) in [6.07, 6.45) is 0. The van der Waals surface area contributed by atoms with Crippen molar-refractivity contribution < 1.29 is 0 Å². The van der Waals surface area contributed by atoms with Crippen LogP contribution in [0, 0.1) is 13.8 Å². The maximum atomic E-state index is 5.10. The van der Waals surface area contributed by atoms with Crippen molar-refractivity contribution in [1.29, 1.82) is 0 Å². The number of benzene rings is 9. The second-order valence-electron chi connectivity index (χ2n) is 16.8. The Labute approximate surface area is 366 Å². The van der Waals surface area contributed by atoms with Crippen LogP contribution in [0.2, 0.25) is 0 Å². The number of hydrogen-bond acceptors (Lipinski definition) is 2. The van der Waals surface area contributed by atoms with Crippen LogP contribution < -0.4 is 0 Å². The van der Waals surface area contributed by atoms with Crippen molar-refractivity contribution in [2.24, 2.45) is 0 Å². The van der Waals surface area contributed by atoms with Crippen molar-refractivity contribution in [3.05, 3.63) is 223 Å². The first kappa shape index (κ1) is 36.7. The van der Waals surface area contributed by atoms with Crippen LogP contribution in [0.3, 0.4) is 0 Å². The van der Waals surface area contributed by atoms with Gasteiger partial charge >= 0.3 is 0 Å². The van der Waals surface area contributed by atoms with Gasteiger partial charge in [0.05, 0.1) is 27.9 Å². The predicted molar refractivity (Wildman–Crippen MR) is 264 cm³/mol. The molecule has 296 valence electrons. The van der Waals surface area contributed by atoms with E-state index < -0.39 is 0 Å². The van der Waals surface area contributed by atoms with Crippen LogP contribution >= 0.6 is 0 Å². The van der Waals surface area contributed by atoms with Gasteiger partial charge in [-0.15, -0.1) is 0 Å². The normalized spacial score (nSPS) is 11.7. The van der Waals surface area contributed by atoms with Crippen LogP contribution in [0.15, 0.2) is 212 Å². The Kier molecular flexibility index (Phi) is 8.62. The summed E-state index contributed by atoms with van der Waals surface area (Å²) in [6, 6.07) is 76.7. The minimum atomic E-state index is 0.703. The molecule has 0 radical (unpaired) electrons. The van der Waals surface area contributed by atoms with E-state index in [0.29, 0.717) is 5.82 Å². The van der Waals surface area contributed by atoms with Gasteiger partial charge in [0.25, 0.3) is 0 Å². The van der Waals surface area contributed by atoms with E-state index >= 15 is 0 Å². The zero-order valence-electron chi connectivity index (χ0n) is 35.0.